The van der Waals surface area contributed by atoms with Crippen molar-refractivity contribution in [3.8, 4) is 5.75 Å². The second-order valence-electron chi connectivity index (χ2n) is 10.4. The molecule has 2 aliphatic heterocycles. The molecule has 1 unspecified atom stereocenters. The number of likely N-dealkylation sites (tertiary alicyclic amines) is 1. The number of benzene rings is 1. The summed E-state index contributed by atoms with van der Waals surface area (Å²) in [7, 11) is 1.35. The summed E-state index contributed by atoms with van der Waals surface area (Å²) in [6.45, 7) is 13.7. The first-order valence-corrected chi connectivity index (χ1v) is 12.4. The molecule has 0 saturated carbocycles. The Morgan fingerprint density at radius 2 is 1.71 bits per heavy atom. The summed E-state index contributed by atoms with van der Waals surface area (Å²) in [5, 5.41) is 0. The van der Waals surface area contributed by atoms with E-state index in [0.717, 1.165) is 52.1 Å². The van der Waals surface area contributed by atoms with Gasteiger partial charge in [-0.2, -0.15) is 0 Å². The van der Waals surface area contributed by atoms with Crippen LogP contribution in [0.3, 0.4) is 0 Å². The smallest absolute Gasteiger partial charge is 0.410 e. The number of rotatable bonds is 7. The van der Waals surface area contributed by atoms with E-state index < -0.39 is 5.60 Å². The fourth-order valence-corrected chi connectivity index (χ4v) is 4.65. The fourth-order valence-electron chi connectivity index (χ4n) is 4.65. The van der Waals surface area contributed by atoms with Crippen LogP contribution in [0.2, 0.25) is 0 Å². The van der Waals surface area contributed by atoms with Crippen LogP contribution in [0.4, 0.5) is 10.5 Å². The van der Waals surface area contributed by atoms with E-state index in [9.17, 15) is 9.59 Å². The van der Waals surface area contributed by atoms with Crippen LogP contribution in [0, 0.1) is 5.92 Å². The van der Waals surface area contributed by atoms with Gasteiger partial charge in [0.15, 0.2) is 6.61 Å². The number of methoxy groups -OCH3 is 1. The molecule has 0 aromatic heterocycles. The Hall–Kier alpha value is -2.48. The molecule has 8 nitrogen and oxygen atoms in total. The highest BCUT2D eigenvalue weighted by atomic mass is 16.6. The molecule has 3 rings (SSSR count). The van der Waals surface area contributed by atoms with Crippen molar-refractivity contribution < 1.29 is 23.8 Å². The first-order valence-electron chi connectivity index (χ1n) is 12.4. The lowest BCUT2D eigenvalue weighted by Gasteiger charge is -2.42. The second kappa shape index (κ2) is 11.8. The maximum Gasteiger partial charge on any atom is 0.410 e. The summed E-state index contributed by atoms with van der Waals surface area (Å²) >= 11 is 0. The van der Waals surface area contributed by atoms with Crippen molar-refractivity contribution in [3.63, 3.8) is 0 Å². The third-order valence-corrected chi connectivity index (χ3v) is 6.58. The molecule has 1 aromatic rings. The van der Waals surface area contributed by atoms with Gasteiger partial charge in [-0.15, -0.1) is 0 Å². The highest BCUT2D eigenvalue weighted by molar-refractivity contribution is 5.71. The van der Waals surface area contributed by atoms with Gasteiger partial charge in [-0.25, -0.2) is 9.59 Å². The van der Waals surface area contributed by atoms with E-state index in [4.69, 9.17) is 9.47 Å². The van der Waals surface area contributed by atoms with E-state index >= 15 is 0 Å². The van der Waals surface area contributed by atoms with Gasteiger partial charge in [0.2, 0.25) is 0 Å². The predicted octanol–water partition coefficient (Wildman–Crippen LogP) is 3.79. The molecule has 8 heteroatoms. The average Bonchev–Trinajstić information content (AvgIpc) is 2.81. The van der Waals surface area contributed by atoms with Crippen molar-refractivity contribution >= 4 is 17.7 Å². The minimum Gasteiger partial charge on any atom is -0.482 e. The molecule has 0 spiro atoms. The van der Waals surface area contributed by atoms with Crippen LogP contribution >= 0.6 is 0 Å². The Labute approximate surface area is 204 Å². The summed E-state index contributed by atoms with van der Waals surface area (Å²) < 4.78 is 15.6. The molecule has 0 aliphatic carbocycles. The maximum absolute atomic E-state index is 12.3. The van der Waals surface area contributed by atoms with E-state index in [1.54, 1.807) is 0 Å². The van der Waals surface area contributed by atoms with E-state index in [-0.39, 0.29) is 18.7 Å². The van der Waals surface area contributed by atoms with E-state index in [2.05, 4.69) is 33.6 Å². The van der Waals surface area contributed by atoms with Crippen LogP contribution in [0.5, 0.6) is 5.75 Å². The average molecular weight is 476 g/mol. The molecule has 2 aliphatic rings. The highest BCUT2D eigenvalue weighted by Gasteiger charge is 2.28. The number of ether oxygens (including phenoxy) is 3. The Bertz CT molecular complexity index is 800. The van der Waals surface area contributed by atoms with Crippen molar-refractivity contribution in [2.75, 3.05) is 57.9 Å². The van der Waals surface area contributed by atoms with Crippen LogP contribution in [0.25, 0.3) is 0 Å². The van der Waals surface area contributed by atoms with Gasteiger partial charge in [0.05, 0.1) is 7.11 Å². The van der Waals surface area contributed by atoms with Gasteiger partial charge in [-0.05, 0) is 83.7 Å². The number of piperazine rings is 1. The summed E-state index contributed by atoms with van der Waals surface area (Å²) in [5.41, 5.74) is 0.736. The molecule has 2 fully saturated rings. The summed E-state index contributed by atoms with van der Waals surface area (Å²) in [6, 6.07) is 8.33. The molecule has 1 amide bonds. The number of nitrogens with zero attached hydrogens (tertiary/aromatic N) is 3. The zero-order valence-corrected chi connectivity index (χ0v) is 21.4. The number of anilines is 1. The highest BCUT2D eigenvalue weighted by Crippen LogP contribution is 2.26. The first kappa shape index (κ1) is 26.1. The molecule has 2 heterocycles. The zero-order valence-electron chi connectivity index (χ0n) is 21.4. The first-order chi connectivity index (χ1) is 16.1. The summed E-state index contributed by atoms with van der Waals surface area (Å²) in [6.07, 6.45) is 3.11. The zero-order chi connectivity index (χ0) is 24.7. The Kier molecular flexibility index (Phi) is 9.05. The van der Waals surface area contributed by atoms with Crippen LogP contribution in [-0.2, 0) is 14.3 Å². The summed E-state index contributed by atoms with van der Waals surface area (Å²) in [5.74, 6) is 0.949. The molecule has 1 aromatic carbocycles. The molecule has 34 heavy (non-hydrogen) atoms. The van der Waals surface area contributed by atoms with Crippen LogP contribution in [0.1, 0.15) is 47.0 Å². The van der Waals surface area contributed by atoms with Gasteiger partial charge in [-0.3, -0.25) is 4.90 Å². The predicted molar refractivity (Wildman–Crippen MR) is 132 cm³/mol. The second-order valence-corrected chi connectivity index (χ2v) is 10.4. The topological polar surface area (TPSA) is 71.6 Å². The molecular weight excluding hydrogens is 434 g/mol. The van der Waals surface area contributed by atoms with Gasteiger partial charge in [0.1, 0.15) is 11.4 Å². The van der Waals surface area contributed by atoms with Gasteiger partial charge >= 0.3 is 12.1 Å². The molecule has 1 atom stereocenters. The normalized spacial score (nSPS) is 20.2. The van der Waals surface area contributed by atoms with Gasteiger partial charge in [0.25, 0.3) is 0 Å². The molecular formula is C26H41N3O5. The van der Waals surface area contributed by atoms with Crippen molar-refractivity contribution in [1.82, 2.24) is 9.80 Å². The van der Waals surface area contributed by atoms with Crippen molar-refractivity contribution in [1.29, 1.82) is 0 Å². The molecule has 0 bridgehead atoms. The SMILES string of the molecule is COC(=O)COc1ccc(N2CCN(CCC3CCN(C(=O)OC(C)(C)C)CC3)CC2C)cc1. The number of hydrogen-bond donors (Lipinski definition) is 0. The third kappa shape index (κ3) is 7.79. The third-order valence-electron chi connectivity index (χ3n) is 6.58. The number of carbonyl (C=O) groups is 2. The number of esters is 1. The molecule has 190 valence electrons. The number of piperidine rings is 1. The maximum atomic E-state index is 12.3. The van der Waals surface area contributed by atoms with Gasteiger partial charge in [-0.1, -0.05) is 0 Å². The fraction of sp³-hybridized carbons (Fsp3) is 0.692. The lowest BCUT2D eigenvalue weighted by molar-refractivity contribution is -0.142. The van der Waals surface area contributed by atoms with Crippen LogP contribution in [-0.4, -0.2) is 86.5 Å². The van der Waals surface area contributed by atoms with Gasteiger partial charge < -0.3 is 24.0 Å². The van der Waals surface area contributed by atoms with E-state index in [1.807, 2.05) is 37.8 Å². The van der Waals surface area contributed by atoms with Gasteiger partial charge in [0, 0.05) is 44.5 Å². The van der Waals surface area contributed by atoms with Crippen molar-refractivity contribution in [3.05, 3.63) is 24.3 Å². The molecule has 2 saturated heterocycles. The summed E-state index contributed by atoms with van der Waals surface area (Å²) in [4.78, 5) is 30.3. The molecule has 0 radical (unpaired) electrons. The van der Waals surface area contributed by atoms with Crippen molar-refractivity contribution in [2.45, 2.75) is 58.6 Å². The number of amides is 1. The van der Waals surface area contributed by atoms with E-state index in [1.165, 1.54) is 19.2 Å². The van der Waals surface area contributed by atoms with E-state index in [0.29, 0.717) is 17.7 Å². The Balaban J connectivity index is 1.38. The molecule has 0 N–H and O–H groups in total. The lowest BCUT2D eigenvalue weighted by atomic mass is 9.93. The van der Waals surface area contributed by atoms with Crippen molar-refractivity contribution in [2.24, 2.45) is 5.92 Å². The standard InChI is InChI=1S/C26H41N3O5/c1-20-18-27(13-10-21-11-14-28(15-12-21)25(31)34-26(2,3)4)16-17-29(20)22-6-8-23(9-7-22)33-19-24(30)32-5/h6-9,20-21H,10-19H2,1-5H3. The lowest BCUT2D eigenvalue weighted by Crippen LogP contribution is -2.52. The van der Waals surface area contributed by atoms with Crippen LogP contribution < -0.4 is 9.64 Å². The quantitative estimate of drug-likeness (QED) is 0.556. The monoisotopic (exact) mass is 475 g/mol. The minimum atomic E-state index is -0.437. The van der Waals surface area contributed by atoms with Crippen LogP contribution in [0.15, 0.2) is 24.3 Å². The largest absolute Gasteiger partial charge is 0.482 e. The number of carbonyl (C=O) groups excluding carboxylic acids is 2. The Morgan fingerprint density at radius 1 is 1.03 bits per heavy atom. The number of hydrogen-bond acceptors (Lipinski definition) is 7. The minimum absolute atomic E-state index is 0.0784. The Morgan fingerprint density at radius 3 is 2.29 bits per heavy atom.